The number of rotatable bonds is 4. The number of ether oxygens (including phenoxy) is 1. The van der Waals surface area contributed by atoms with Crippen molar-refractivity contribution in [1.29, 1.82) is 0 Å². The van der Waals surface area contributed by atoms with Crippen molar-refractivity contribution in [3.8, 4) is 5.75 Å². The van der Waals surface area contributed by atoms with E-state index in [2.05, 4.69) is 5.32 Å². The van der Waals surface area contributed by atoms with Gasteiger partial charge < -0.3 is 10.1 Å². The van der Waals surface area contributed by atoms with E-state index in [1.807, 2.05) is 19.9 Å². The third-order valence-corrected chi connectivity index (χ3v) is 4.03. The highest BCUT2D eigenvalue weighted by Gasteiger charge is 2.33. The minimum atomic E-state index is -4.60. The van der Waals surface area contributed by atoms with Gasteiger partial charge in [0.25, 0.3) is 5.91 Å². The van der Waals surface area contributed by atoms with E-state index in [1.54, 1.807) is 12.1 Å². The van der Waals surface area contributed by atoms with Gasteiger partial charge in [-0.05, 0) is 62.2 Å². The van der Waals surface area contributed by atoms with Gasteiger partial charge in [-0.1, -0.05) is 17.7 Å². The SMILES string of the molecule is Cc1ccc(O[C@@H](C)C(=O)Nc2ccc(Cl)c(C(F)(F)F)c2)cc1C. The molecule has 3 nitrogen and oxygen atoms in total. The van der Waals surface area contributed by atoms with E-state index in [0.29, 0.717) is 5.75 Å². The molecule has 0 radical (unpaired) electrons. The molecular weight excluding hydrogens is 355 g/mol. The van der Waals surface area contributed by atoms with Gasteiger partial charge in [0.15, 0.2) is 6.10 Å². The molecule has 1 atom stereocenters. The normalized spacial score (nSPS) is 12.6. The Hall–Kier alpha value is -2.21. The maximum absolute atomic E-state index is 12.9. The zero-order chi connectivity index (χ0) is 18.8. The third kappa shape index (κ3) is 4.89. The standard InChI is InChI=1S/C18H17ClF3NO2/c1-10-4-6-14(8-11(10)2)25-12(3)17(24)23-13-5-7-16(19)15(9-13)18(20,21)22/h4-9,12H,1-3H3,(H,23,24)/t12-/m0/s1. The Balaban J connectivity index is 2.09. The van der Waals surface area contributed by atoms with E-state index in [1.165, 1.54) is 13.0 Å². The van der Waals surface area contributed by atoms with Gasteiger partial charge in [0.05, 0.1) is 10.6 Å². The molecule has 0 bridgehead atoms. The molecule has 0 aliphatic carbocycles. The second-order valence-corrected chi connectivity index (χ2v) is 6.09. The molecule has 0 aromatic heterocycles. The molecule has 7 heteroatoms. The van der Waals surface area contributed by atoms with Crippen LogP contribution < -0.4 is 10.1 Å². The Bertz CT molecular complexity index is 790. The topological polar surface area (TPSA) is 38.3 Å². The summed E-state index contributed by atoms with van der Waals surface area (Å²) in [6.07, 6.45) is -5.48. The number of anilines is 1. The van der Waals surface area contributed by atoms with Gasteiger partial charge >= 0.3 is 6.18 Å². The van der Waals surface area contributed by atoms with Crippen LogP contribution in [0.5, 0.6) is 5.75 Å². The smallest absolute Gasteiger partial charge is 0.417 e. The average Bonchev–Trinajstić information content (AvgIpc) is 2.51. The Labute approximate surface area is 148 Å². The predicted molar refractivity (Wildman–Crippen MR) is 91.1 cm³/mol. The van der Waals surface area contributed by atoms with Crippen molar-refractivity contribution < 1.29 is 22.7 Å². The van der Waals surface area contributed by atoms with Crippen molar-refractivity contribution in [2.45, 2.75) is 33.1 Å². The van der Waals surface area contributed by atoms with Crippen molar-refractivity contribution in [2.24, 2.45) is 0 Å². The van der Waals surface area contributed by atoms with Gasteiger partial charge in [0.2, 0.25) is 0 Å². The molecule has 0 fully saturated rings. The first-order chi connectivity index (χ1) is 11.6. The van der Waals surface area contributed by atoms with Crippen molar-refractivity contribution in [1.82, 2.24) is 0 Å². The van der Waals surface area contributed by atoms with Crippen LogP contribution in [-0.4, -0.2) is 12.0 Å². The molecule has 0 spiro atoms. The lowest BCUT2D eigenvalue weighted by Crippen LogP contribution is -2.30. The molecular formula is C18H17ClF3NO2. The number of alkyl halides is 3. The van der Waals surface area contributed by atoms with E-state index in [-0.39, 0.29) is 5.69 Å². The number of nitrogens with one attached hydrogen (secondary N) is 1. The summed E-state index contributed by atoms with van der Waals surface area (Å²) >= 11 is 5.56. The van der Waals surface area contributed by atoms with Gasteiger partial charge in [-0.25, -0.2) is 0 Å². The fourth-order valence-corrected chi connectivity index (χ4v) is 2.33. The van der Waals surface area contributed by atoms with Crippen molar-refractivity contribution in [3.63, 3.8) is 0 Å². The summed E-state index contributed by atoms with van der Waals surface area (Å²) in [5.41, 5.74) is 1.09. The molecule has 0 saturated heterocycles. The van der Waals surface area contributed by atoms with Gasteiger partial charge in [0, 0.05) is 5.69 Å². The second-order valence-electron chi connectivity index (χ2n) is 5.69. The fraction of sp³-hybridized carbons (Fsp3) is 0.278. The van der Waals surface area contributed by atoms with Gasteiger partial charge in [-0.15, -0.1) is 0 Å². The molecule has 134 valence electrons. The Kier molecular flexibility index (Phi) is 5.62. The zero-order valence-corrected chi connectivity index (χ0v) is 14.6. The first-order valence-electron chi connectivity index (χ1n) is 7.49. The van der Waals surface area contributed by atoms with E-state index >= 15 is 0 Å². The fourth-order valence-electron chi connectivity index (χ4n) is 2.11. The molecule has 0 unspecified atom stereocenters. The quantitative estimate of drug-likeness (QED) is 0.783. The summed E-state index contributed by atoms with van der Waals surface area (Å²) in [4.78, 5) is 12.2. The number of halogens is 4. The van der Waals surface area contributed by atoms with Crippen molar-refractivity contribution in [2.75, 3.05) is 5.32 Å². The third-order valence-electron chi connectivity index (χ3n) is 3.70. The largest absolute Gasteiger partial charge is 0.481 e. The highest BCUT2D eigenvalue weighted by atomic mass is 35.5. The molecule has 0 saturated carbocycles. The highest BCUT2D eigenvalue weighted by Crippen LogP contribution is 2.36. The summed E-state index contributed by atoms with van der Waals surface area (Å²) in [7, 11) is 0. The summed E-state index contributed by atoms with van der Waals surface area (Å²) in [5.74, 6) is -0.0495. The van der Waals surface area contributed by atoms with Crippen LogP contribution in [0.4, 0.5) is 18.9 Å². The van der Waals surface area contributed by atoms with Crippen LogP contribution in [0.1, 0.15) is 23.6 Å². The van der Waals surface area contributed by atoms with E-state index in [9.17, 15) is 18.0 Å². The van der Waals surface area contributed by atoms with Crippen molar-refractivity contribution >= 4 is 23.2 Å². The maximum atomic E-state index is 12.9. The summed E-state index contributed by atoms with van der Waals surface area (Å²) in [6, 6.07) is 8.58. The van der Waals surface area contributed by atoms with Crippen LogP contribution in [0.2, 0.25) is 5.02 Å². The number of amides is 1. The molecule has 1 amide bonds. The predicted octanol–water partition coefficient (Wildman–Crippen LogP) is 5.38. The maximum Gasteiger partial charge on any atom is 0.417 e. The number of aryl methyl sites for hydroxylation is 2. The zero-order valence-electron chi connectivity index (χ0n) is 13.9. The molecule has 2 rings (SSSR count). The lowest BCUT2D eigenvalue weighted by atomic mass is 10.1. The van der Waals surface area contributed by atoms with Crippen LogP contribution in [-0.2, 0) is 11.0 Å². The molecule has 0 aliphatic heterocycles. The van der Waals surface area contributed by atoms with Crippen LogP contribution in [0.15, 0.2) is 36.4 Å². The van der Waals surface area contributed by atoms with Gasteiger partial charge in [-0.2, -0.15) is 13.2 Å². The molecule has 25 heavy (non-hydrogen) atoms. The number of hydrogen-bond acceptors (Lipinski definition) is 2. The van der Waals surface area contributed by atoms with E-state index < -0.39 is 28.8 Å². The minimum Gasteiger partial charge on any atom is -0.481 e. The molecule has 2 aromatic rings. The first kappa shape index (κ1) is 19.1. The lowest BCUT2D eigenvalue weighted by molar-refractivity contribution is -0.137. The molecule has 2 aromatic carbocycles. The summed E-state index contributed by atoms with van der Waals surface area (Å²) in [6.45, 7) is 5.39. The Morgan fingerprint density at radius 3 is 2.40 bits per heavy atom. The monoisotopic (exact) mass is 371 g/mol. The number of carbonyl (C=O) groups is 1. The van der Waals surface area contributed by atoms with Crippen LogP contribution in [0.3, 0.4) is 0 Å². The average molecular weight is 372 g/mol. The van der Waals surface area contributed by atoms with Crippen molar-refractivity contribution in [3.05, 3.63) is 58.1 Å². The van der Waals surface area contributed by atoms with E-state index in [0.717, 1.165) is 23.3 Å². The number of hydrogen-bond donors (Lipinski definition) is 1. The van der Waals surface area contributed by atoms with Crippen LogP contribution in [0, 0.1) is 13.8 Å². The van der Waals surface area contributed by atoms with Gasteiger partial charge in [0.1, 0.15) is 5.75 Å². The van der Waals surface area contributed by atoms with Crippen LogP contribution >= 0.6 is 11.6 Å². The highest BCUT2D eigenvalue weighted by molar-refractivity contribution is 6.31. The molecule has 0 aliphatic rings. The Morgan fingerprint density at radius 1 is 1.12 bits per heavy atom. The molecule has 0 heterocycles. The number of carbonyl (C=O) groups excluding carboxylic acids is 1. The van der Waals surface area contributed by atoms with E-state index in [4.69, 9.17) is 16.3 Å². The number of benzene rings is 2. The first-order valence-corrected chi connectivity index (χ1v) is 7.87. The van der Waals surface area contributed by atoms with Crippen LogP contribution in [0.25, 0.3) is 0 Å². The lowest BCUT2D eigenvalue weighted by Gasteiger charge is -2.16. The van der Waals surface area contributed by atoms with Gasteiger partial charge in [-0.3, -0.25) is 4.79 Å². The molecule has 1 N–H and O–H groups in total. The second kappa shape index (κ2) is 7.35. The Morgan fingerprint density at radius 2 is 1.80 bits per heavy atom. The summed E-state index contributed by atoms with van der Waals surface area (Å²) < 4.78 is 44.1. The summed E-state index contributed by atoms with van der Waals surface area (Å²) in [5, 5.41) is 1.98. The minimum absolute atomic E-state index is 0.00254.